The molecule has 0 aliphatic rings. The van der Waals surface area contributed by atoms with Crippen LogP contribution in [0.15, 0.2) is 59.4 Å². The van der Waals surface area contributed by atoms with Crippen LogP contribution in [0, 0.1) is 5.82 Å². The number of halogens is 1. The molecule has 33 heavy (non-hydrogen) atoms. The molecule has 0 radical (unpaired) electrons. The summed E-state index contributed by atoms with van der Waals surface area (Å²) in [7, 11) is 0. The van der Waals surface area contributed by atoms with Gasteiger partial charge in [0.1, 0.15) is 11.6 Å². The molecule has 0 saturated carbocycles. The first-order valence-electron chi connectivity index (χ1n) is 10.0. The minimum absolute atomic E-state index is 0.000142. The lowest BCUT2D eigenvalue weighted by atomic mass is 10.0. The fourth-order valence-corrected chi connectivity index (χ4v) is 3.18. The highest BCUT2D eigenvalue weighted by molar-refractivity contribution is 5.94. The molecule has 0 unspecified atom stereocenters. The number of aromatic nitrogens is 2. The number of nitrogens with zero attached hydrogens (tertiary/aromatic N) is 2. The van der Waals surface area contributed by atoms with Crippen molar-refractivity contribution >= 4 is 12.0 Å². The Morgan fingerprint density at radius 3 is 2.33 bits per heavy atom. The number of carbonyl (C=O) groups excluding carboxylic acids is 1. The third kappa shape index (κ3) is 5.35. The molecular formula is C23H23FN4O5. The van der Waals surface area contributed by atoms with Crippen molar-refractivity contribution in [3.63, 3.8) is 0 Å². The van der Waals surface area contributed by atoms with Gasteiger partial charge in [0.05, 0.1) is 12.1 Å². The normalized spacial score (nSPS) is 11.1. The Balaban J connectivity index is 1.90. The molecule has 0 atom stereocenters. The van der Waals surface area contributed by atoms with E-state index in [1.165, 1.54) is 38.1 Å². The molecule has 1 aromatic heterocycles. The lowest BCUT2D eigenvalue weighted by Crippen LogP contribution is -2.46. The number of hydrogen-bond donors (Lipinski definition) is 4. The summed E-state index contributed by atoms with van der Waals surface area (Å²) >= 11 is 0. The van der Waals surface area contributed by atoms with Crippen molar-refractivity contribution < 1.29 is 24.2 Å². The Morgan fingerprint density at radius 1 is 1.09 bits per heavy atom. The quantitative estimate of drug-likeness (QED) is 0.433. The molecule has 9 nitrogen and oxygen atoms in total. The third-order valence-corrected chi connectivity index (χ3v) is 5.15. The number of hydrogen-bond acceptors (Lipinski definition) is 5. The van der Waals surface area contributed by atoms with Crippen LogP contribution in [-0.4, -0.2) is 37.1 Å². The number of H-pyrrole nitrogens is 1. The lowest BCUT2D eigenvalue weighted by Gasteiger charge is -2.35. The Bertz CT molecular complexity index is 1210. The number of nitrogens with one attached hydrogen (secondary N) is 2. The van der Waals surface area contributed by atoms with Crippen LogP contribution in [-0.2, 0) is 18.6 Å². The topological polar surface area (TPSA) is 136 Å². The van der Waals surface area contributed by atoms with E-state index in [9.17, 15) is 29.0 Å². The third-order valence-electron chi connectivity index (χ3n) is 5.15. The summed E-state index contributed by atoms with van der Waals surface area (Å²) in [5, 5.41) is 22.4. The van der Waals surface area contributed by atoms with Gasteiger partial charge in [-0.15, -0.1) is 0 Å². The van der Waals surface area contributed by atoms with Crippen LogP contribution in [0.25, 0.3) is 0 Å². The fraction of sp³-hybridized carbons (Fsp3) is 0.217. The molecule has 2 aromatic carbocycles. The van der Waals surface area contributed by atoms with Crippen molar-refractivity contribution in [1.82, 2.24) is 20.2 Å². The largest absolute Gasteiger partial charge is 0.501 e. The van der Waals surface area contributed by atoms with E-state index in [0.29, 0.717) is 11.1 Å². The molecule has 0 bridgehead atoms. The van der Waals surface area contributed by atoms with E-state index in [0.717, 1.165) is 4.90 Å². The number of carboxylic acid groups (broad SMARTS) is 1. The highest BCUT2D eigenvalue weighted by Gasteiger charge is 2.36. The SMILES string of the molecule is CC(C)(c1nc(C(=O)NCc2ccc(F)cc2)c(O)c(=O)[nH]1)N(Cc1ccccc1)C(=O)O. The van der Waals surface area contributed by atoms with Crippen LogP contribution >= 0.6 is 0 Å². The van der Waals surface area contributed by atoms with Crippen LogP contribution in [0.4, 0.5) is 9.18 Å². The van der Waals surface area contributed by atoms with Gasteiger partial charge in [0.15, 0.2) is 5.69 Å². The Labute approximate surface area is 188 Å². The van der Waals surface area contributed by atoms with Crippen LogP contribution in [0.3, 0.4) is 0 Å². The first kappa shape index (κ1) is 23.5. The van der Waals surface area contributed by atoms with Crippen molar-refractivity contribution in [2.24, 2.45) is 0 Å². The highest BCUT2D eigenvalue weighted by atomic mass is 19.1. The van der Waals surface area contributed by atoms with Crippen LogP contribution in [0.2, 0.25) is 0 Å². The molecule has 3 aromatic rings. The second-order valence-corrected chi connectivity index (χ2v) is 7.83. The summed E-state index contributed by atoms with van der Waals surface area (Å²) in [6.45, 7) is 3.06. The van der Waals surface area contributed by atoms with Gasteiger partial charge in [0.2, 0.25) is 5.75 Å². The van der Waals surface area contributed by atoms with Gasteiger partial charge in [-0.05, 0) is 37.1 Å². The van der Waals surface area contributed by atoms with Gasteiger partial charge in [-0.2, -0.15) is 0 Å². The van der Waals surface area contributed by atoms with E-state index in [-0.39, 0.29) is 18.9 Å². The predicted molar refractivity (Wildman–Crippen MR) is 117 cm³/mol. The number of benzene rings is 2. The standard InChI is InChI=1S/C23H23FN4O5/c1-23(2,28(22(32)33)13-15-6-4-3-5-7-15)21-26-17(18(29)20(31)27-21)19(30)25-12-14-8-10-16(24)11-9-14/h3-11,29H,12-13H2,1-2H3,(H,25,30)(H,32,33)(H,26,27,31). The average molecular weight is 454 g/mol. The zero-order valence-electron chi connectivity index (χ0n) is 18.0. The van der Waals surface area contributed by atoms with Gasteiger partial charge in [-0.3, -0.25) is 14.5 Å². The smallest absolute Gasteiger partial charge is 0.408 e. The summed E-state index contributed by atoms with van der Waals surface area (Å²) in [6.07, 6.45) is -1.26. The van der Waals surface area contributed by atoms with E-state index in [2.05, 4.69) is 15.3 Å². The van der Waals surface area contributed by atoms with Crippen molar-refractivity contribution in [2.75, 3.05) is 0 Å². The number of aromatic hydroxyl groups is 1. The number of amides is 2. The molecule has 3 rings (SSSR count). The Morgan fingerprint density at radius 2 is 1.73 bits per heavy atom. The van der Waals surface area contributed by atoms with Crippen molar-refractivity contribution in [1.29, 1.82) is 0 Å². The number of rotatable bonds is 7. The summed E-state index contributed by atoms with van der Waals surface area (Å²) in [5.41, 5.74) is -1.58. The maximum Gasteiger partial charge on any atom is 0.408 e. The highest BCUT2D eigenvalue weighted by Crippen LogP contribution is 2.27. The lowest BCUT2D eigenvalue weighted by molar-refractivity contribution is 0.0811. The monoisotopic (exact) mass is 454 g/mol. The van der Waals surface area contributed by atoms with Crippen molar-refractivity contribution in [2.45, 2.75) is 32.5 Å². The molecule has 0 aliphatic carbocycles. The van der Waals surface area contributed by atoms with Gasteiger partial charge >= 0.3 is 6.09 Å². The molecule has 172 valence electrons. The fourth-order valence-electron chi connectivity index (χ4n) is 3.18. The number of aromatic amines is 1. The minimum atomic E-state index is -1.36. The summed E-state index contributed by atoms with van der Waals surface area (Å²) in [4.78, 5) is 44.5. The van der Waals surface area contributed by atoms with Crippen LogP contribution < -0.4 is 10.9 Å². The van der Waals surface area contributed by atoms with Gasteiger partial charge in [0, 0.05) is 6.54 Å². The van der Waals surface area contributed by atoms with Gasteiger partial charge < -0.3 is 20.5 Å². The van der Waals surface area contributed by atoms with E-state index in [4.69, 9.17) is 0 Å². The summed E-state index contributed by atoms with van der Waals surface area (Å²) in [6, 6.07) is 14.3. The summed E-state index contributed by atoms with van der Waals surface area (Å²) < 4.78 is 13.0. The second-order valence-electron chi connectivity index (χ2n) is 7.83. The van der Waals surface area contributed by atoms with E-state index < -0.39 is 40.4 Å². The van der Waals surface area contributed by atoms with Crippen LogP contribution in [0.1, 0.15) is 41.3 Å². The molecule has 1 heterocycles. The van der Waals surface area contributed by atoms with E-state index in [1.54, 1.807) is 30.3 Å². The molecule has 0 fully saturated rings. The van der Waals surface area contributed by atoms with E-state index >= 15 is 0 Å². The maximum atomic E-state index is 13.0. The van der Waals surface area contributed by atoms with Gasteiger partial charge in [-0.1, -0.05) is 42.5 Å². The zero-order chi connectivity index (χ0) is 24.2. The molecule has 0 spiro atoms. The molecular weight excluding hydrogens is 431 g/mol. The molecule has 2 amide bonds. The average Bonchev–Trinajstić information content (AvgIpc) is 2.78. The first-order valence-corrected chi connectivity index (χ1v) is 10.0. The maximum absolute atomic E-state index is 13.0. The first-order chi connectivity index (χ1) is 15.6. The molecule has 10 heteroatoms. The van der Waals surface area contributed by atoms with Gasteiger partial charge in [-0.25, -0.2) is 14.2 Å². The van der Waals surface area contributed by atoms with E-state index in [1.807, 2.05) is 0 Å². The van der Waals surface area contributed by atoms with Crippen molar-refractivity contribution in [3.8, 4) is 5.75 Å². The molecule has 4 N–H and O–H groups in total. The zero-order valence-corrected chi connectivity index (χ0v) is 18.0. The van der Waals surface area contributed by atoms with Crippen LogP contribution in [0.5, 0.6) is 5.75 Å². The Hall–Kier alpha value is -4.21. The molecule has 0 saturated heterocycles. The Kier molecular flexibility index (Phi) is 6.76. The molecule has 0 aliphatic heterocycles. The predicted octanol–water partition coefficient (Wildman–Crippen LogP) is 2.96. The number of carbonyl (C=O) groups is 2. The minimum Gasteiger partial charge on any atom is -0.501 e. The summed E-state index contributed by atoms with van der Waals surface area (Å²) in [5.74, 6) is -2.28. The van der Waals surface area contributed by atoms with Crippen molar-refractivity contribution in [3.05, 3.63) is 93.4 Å². The van der Waals surface area contributed by atoms with Gasteiger partial charge in [0.25, 0.3) is 11.5 Å². The second kappa shape index (κ2) is 9.51.